The van der Waals surface area contributed by atoms with Crippen LogP contribution >= 0.6 is 0 Å². The average molecular weight is 683 g/mol. The van der Waals surface area contributed by atoms with Gasteiger partial charge < -0.3 is 31.4 Å². The lowest BCUT2D eigenvalue weighted by molar-refractivity contribution is -0.192. The number of amidine groups is 1. The van der Waals surface area contributed by atoms with Crippen LogP contribution in [0.25, 0.3) is 0 Å². The van der Waals surface area contributed by atoms with Crippen LogP contribution < -0.4 is 36.5 Å². The first-order valence-electron chi connectivity index (χ1n) is 13.5. The predicted molar refractivity (Wildman–Crippen MR) is 164 cm³/mol. The van der Waals surface area contributed by atoms with Gasteiger partial charge in [0.2, 0.25) is 5.91 Å². The Bertz CT molecular complexity index is 1700. The lowest BCUT2D eigenvalue weighted by Crippen LogP contribution is -2.45. The highest BCUT2D eigenvalue weighted by atomic mass is 32.2. The number of ether oxygens (including phenoxy) is 2. The number of carbonyl (C=O) groups excluding carboxylic acids is 2. The molecule has 0 spiro atoms. The summed E-state index contributed by atoms with van der Waals surface area (Å²) >= 11 is 0. The minimum absolute atomic E-state index is 0.00471. The molecule has 2 amide bonds. The Balaban J connectivity index is 0.000000984. The number of sulfonamides is 1. The van der Waals surface area contributed by atoms with Crippen LogP contribution in [0, 0.1) is 5.41 Å². The van der Waals surface area contributed by atoms with E-state index in [1.807, 2.05) is 20.8 Å². The van der Waals surface area contributed by atoms with Crippen molar-refractivity contribution in [3.05, 3.63) is 83.4 Å². The first kappa shape index (κ1) is 37.8. The van der Waals surface area contributed by atoms with Crippen LogP contribution in [0.4, 0.5) is 18.9 Å². The Morgan fingerprint density at radius 2 is 1.57 bits per heavy atom. The third-order valence-corrected chi connectivity index (χ3v) is 6.96. The number of carboxylic acids is 1. The summed E-state index contributed by atoms with van der Waals surface area (Å²) in [6.07, 6.45) is -5.20. The van der Waals surface area contributed by atoms with E-state index in [1.165, 1.54) is 18.2 Å². The molecular formula is C29H33F3N6O8S. The number of nitrogens with two attached hydrogens (primary N) is 2. The summed E-state index contributed by atoms with van der Waals surface area (Å²) in [4.78, 5) is 35.6. The number of carbonyl (C=O) groups is 3. The van der Waals surface area contributed by atoms with Crippen molar-refractivity contribution in [1.82, 2.24) is 10.3 Å². The van der Waals surface area contributed by atoms with E-state index >= 15 is 0 Å². The van der Waals surface area contributed by atoms with Crippen LogP contribution in [-0.4, -0.2) is 56.0 Å². The van der Waals surface area contributed by atoms with Crippen molar-refractivity contribution < 1.29 is 50.6 Å². The minimum Gasteiger partial charge on any atom is -0.490 e. The monoisotopic (exact) mass is 682 g/mol. The lowest BCUT2D eigenvalue weighted by Gasteiger charge is -2.22. The highest BCUT2D eigenvalue weighted by molar-refractivity contribution is 7.89. The standard InChI is InChI=1S/C27H32N6O6S.C2HF3O2/c1-4-38-23-15-18(10-13-22(23)39-16(2)3)24(31-20-11-8-17(9-12-20)25(28)29)27(35)32-33-40(36,37)21-7-5-6-19(14-21)26(30)34;3-2(4,5)1(6)7/h5-16,24,31,33H,4H2,1-3H3,(H3,28,29)(H2,30,34)(H,32,35);(H,6,7). The van der Waals surface area contributed by atoms with Gasteiger partial charge in [0.25, 0.3) is 15.9 Å². The zero-order valence-electron chi connectivity index (χ0n) is 25.2. The summed E-state index contributed by atoms with van der Waals surface area (Å²) in [6.45, 7) is 5.90. The lowest BCUT2D eigenvalue weighted by atomic mass is 10.0. The number of nitrogen functional groups attached to an aromatic ring is 1. The van der Waals surface area contributed by atoms with Gasteiger partial charge in [-0.15, -0.1) is 4.83 Å². The second-order valence-corrected chi connectivity index (χ2v) is 11.3. The van der Waals surface area contributed by atoms with E-state index in [2.05, 4.69) is 15.6 Å². The van der Waals surface area contributed by atoms with E-state index in [0.717, 1.165) is 6.07 Å². The molecule has 18 heteroatoms. The molecule has 0 aromatic heterocycles. The molecule has 0 radical (unpaired) electrons. The fourth-order valence-electron chi connectivity index (χ4n) is 3.60. The van der Waals surface area contributed by atoms with Crippen LogP contribution in [0.2, 0.25) is 0 Å². The van der Waals surface area contributed by atoms with Crippen molar-refractivity contribution in [2.45, 2.75) is 44.0 Å². The molecule has 0 aliphatic carbocycles. The molecule has 0 aliphatic rings. The highest BCUT2D eigenvalue weighted by Gasteiger charge is 2.38. The Hall–Kier alpha value is -5.36. The molecule has 14 nitrogen and oxygen atoms in total. The van der Waals surface area contributed by atoms with Crippen molar-refractivity contribution in [2.75, 3.05) is 11.9 Å². The van der Waals surface area contributed by atoms with Gasteiger partial charge in [-0.2, -0.15) is 13.2 Å². The molecule has 0 fully saturated rings. The Morgan fingerprint density at radius 3 is 2.09 bits per heavy atom. The highest BCUT2D eigenvalue weighted by Crippen LogP contribution is 2.33. The number of alkyl halides is 3. The number of amides is 2. The minimum atomic E-state index is -5.08. The second kappa shape index (κ2) is 16.3. The smallest absolute Gasteiger partial charge is 0.490 e. The SMILES string of the molecule is CCOc1cc(C(Nc2ccc(C(=N)N)cc2)C(=O)NNS(=O)(=O)c2cccc(C(N)=O)c2)ccc1OC(C)C.O=C(O)C(F)(F)F. The number of aliphatic carboxylic acids is 1. The van der Waals surface area contributed by atoms with E-state index in [0.29, 0.717) is 34.9 Å². The first-order chi connectivity index (χ1) is 21.8. The number of hydrogen-bond donors (Lipinski definition) is 7. The summed E-state index contributed by atoms with van der Waals surface area (Å²) in [5.41, 5.74) is 14.5. The average Bonchev–Trinajstić information content (AvgIpc) is 2.99. The van der Waals surface area contributed by atoms with Gasteiger partial charge in [-0.25, -0.2) is 13.2 Å². The number of anilines is 1. The van der Waals surface area contributed by atoms with Crippen molar-refractivity contribution >= 4 is 39.3 Å². The van der Waals surface area contributed by atoms with Crippen LogP contribution in [0.1, 0.15) is 48.3 Å². The van der Waals surface area contributed by atoms with Crippen LogP contribution in [-0.2, 0) is 19.6 Å². The molecule has 9 N–H and O–H groups in total. The fourth-order valence-corrected chi connectivity index (χ4v) is 4.49. The van der Waals surface area contributed by atoms with Gasteiger partial charge >= 0.3 is 12.1 Å². The third-order valence-electron chi connectivity index (χ3n) is 5.71. The van der Waals surface area contributed by atoms with Crippen molar-refractivity contribution in [3.63, 3.8) is 0 Å². The molecule has 254 valence electrons. The van der Waals surface area contributed by atoms with E-state index in [4.69, 9.17) is 36.3 Å². The summed E-state index contributed by atoms with van der Waals surface area (Å²) in [7, 11) is -4.25. The van der Waals surface area contributed by atoms with Gasteiger partial charge in [-0.1, -0.05) is 12.1 Å². The largest absolute Gasteiger partial charge is 0.490 e. The molecule has 0 saturated carbocycles. The van der Waals surface area contributed by atoms with Gasteiger partial charge in [0, 0.05) is 16.8 Å². The number of carboxylic acid groups (broad SMARTS) is 1. The maximum absolute atomic E-state index is 13.4. The van der Waals surface area contributed by atoms with Crippen LogP contribution in [0.3, 0.4) is 0 Å². The fraction of sp³-hybridized carbons (Fsp3) is 0.241. The first-order valence-corrected chi connectivity index (χ1v) is 15.0. The van der Waals surface area contributed by atoms with Gasteiger partial charge in [-0.3, -0.25) is 20.4 Å². The number of primary amides is 1. The Kier molecular flexibility index (Phi) is 13.1. The molecule has 3 aromatic carbocycles. The topological polar surface area (TPSA) is 236 Å². The van der Waals surface area contributed by atoms with E-state index < -0.39 is 40.0 Å². The Labute approximate surface area is 267 Å². The molecule has 0 aliphatic heterocycles. The molecule has 3 rings (SSSR count). The summed E-state index contributed by atoms with van der Waals surface area (Å²) in [5.74, 6) is -3.52. The molecule has 0 heterocycles. The van der Waals surface area contributed by atoms with Crippen molar-refractivity contribution in [1.29, 1.82) is 5.41 Å². The molecule has 3 aromatic rings. The van der Waals surface area contributed by atoms with Gasteiger partial charge in [0.1, 0.15) is 11.9 Å². The molecule has 0 bridgehead atoms. The number of rotatable bonds is 13. The second-order valence-electron chi connectivity index (χ2n) is 9.66. The van der Waals surface area contributed by atoms with Crippen LogP contribution in [0.5, 0.6) is 11.5 Å². The predicted octanol–water partition coefficient (Wildman–Crippen LogP) is 3.05. The maximum atomic E-state index is 13.4. The Morgan fingerprint density at radius 1 is 0.957 bits per heavy atom. The van der Waals surface area contributed by atoms with E-state index in [9.17, 15) is 31.2 Å². The van der Waals surface area contributed by atoms with Gasteiger partial charge in [0.05, 0.1) is 17.6 Å². The number of benzene rings is 3. The number of hydrogen-bond acceptors (Lipinski definition) is 9. The van der Waals surface area contributed by atoms with E-state index in [1.54, 1.807) is 42.5 Å². The van der Waals surface area contributed by atoms with Gasteiger partial charge in [-0.05, 0) is 80.9 Å². The van der Waals surface area contributed by atoms with Gasteiger partial charge in [0.15, 0.2) is 11.5 Å². The molecule has 1 unspecified atom stereocenters. The summed E-state index contributed by atoms with van der Waals surface area (Å²) < 4.78 is 69.0. The molecule has 0 saturated heterocycles. The summed E-state index contributed by atoms with van der Waals surface area (Å²) in [5, 5.41) is 17.8. The molecule has 47 heavy (non-hydrogen) atoms. The third kappa shape index (κ3) is 11.5. The van der Waals surface area contributed by atoms with E-state index in [-0.39, 0.29) is 22.4 Å². The zero-order valence-corrected chi connectivity index (χ0v) is 26.0. The number of halogens is 3. The van der Waals surface area contributed by atoms with Crippen molar-refractivity contribution in [2.24, 2.45) is 11.5 Å². The zero-order chi connectivity index (χ0) is 35.5. The normalized spacial score (nSPS) is 11.8. The maximum Gasteiger partial charge on any atom is 0.490 e. The summed E-state index contributed by atoms with van der Waals surface area (Å²) in [6, 6.07) is 15.4. The van der Waals surface area contributed by atoms with Crippen molar-refractivity contribution in [3.8, 4) is 11.5 Å². The quantitative estimate of drug-likeness (QED) is 0.0790. The number of hydrazine groups is 1. The molecular weight excluding hydrogens is 649 g/mol. The number of nitrogens with one attached hydrogen (secondary N) is 4. The molecule has 1 atom stereocenters. The van der Waals surface area contributed by atoms with Crippen LogP contribution in [0.15, 0.2) is 71.6 Å².